The first kappa shape index (κ1) is 29.4. The van der Waals surface area contributed by atoms with Crippen LogP contribution in [0.25, 0.3) is 0 Å². The lowest BCUT2D eigenvalue weighted by Crippen LogP contribution is -2.23. The molecular weight excluding hydrogens is 415 g/mol. The number of hydrogen-bond acceptors (Lipinski definition) is 6. The molecule has 0 aliphatic carbocycles. The first-order valence-corrected chi connectivity index (χ1v) is 10.8. The zero-order valence-electron chi connectivity index (χ0n) is 20.8. The number of nitrogens with zero attached hydrogens (tertiary/aromatic N) is 3. The lowest BCUT2D eigenvalue weighted by atomic mass is 10.1. The first-order chi connectivity index (χ1) is 15.7. The molecule has 0 amide bonds. The topological polar surface area (TPSA) is 78.6 Å². The maximum Gasteiger partial charge on any atom is 0.123 e. The van der Waals surface area contributed by atoms with Gasteiger partial charge in [-0.1, -0.05) is 39.1 Å². The lowest BCUT2D eigenvalue weighted by molar-refractivity contribution is 0.474. The monoisotopic (exact) mass is 454 g/mol. The molecule has 1 aromatic carbocycles. The molecule has 0 spiro atoms. The van der Waals surface area contributed by atoms with Crippen LogP contribution in [0.15, 0.2) is 84.6 Å². The molecule has 1 heterocycles. The largest absolute Gasteiger partial charge is 0.405 e. The molecule has 0 fully saturated rings. The maximum atomic E-state index is 12.2. The van der Waals surface area contributed by atoms with Crippen molar-refractivity contribution in [3.05, 3.63) is 102 Å². The number of rotatable bonds is 8. The number of nitrogens with two attached hydrogens (primary N) is 1. The van der Waals surface area contributed by atoms with E-state index in [2.05, 4.69) is 46.6 Å². The number of benzene rings is 1. The molecule has 0 saturated heterocycles. The minimum atomic E-state index is -0.160. The molecule has 0 radical (unpaired) electrons. The van der Waals surface area contributed by atoms with E-state index in [0.29, 0.717) is 0 Å². The van der Waals surface area contributed by atoms with Gasteiger partial charge in [-0.25, -0.2) is 4.39 Å². The van der Waals surface area contributed by atoms with E-state index in [0.717, 1.165) is 41.3 Å². The fraction of sp³-hybridized carbons (Fsp3) is 0.308. The Morgan fingerprint density at radius 2 is 1.82 bits per heavy atom. The molecule has 0 bridgehead atoms. The van der Waals surface area contributed by atoms with Crippen LogP contribution in [0, 0.1) is 12.7 Å². The van der Waals surface area contributed by atoms with E-state index >= 15 is 0 Å². The van der Waals surface area contributed by atoms with Crippen LogP contribution in [-0.4, -0.2) is 36.7 Å². The second-order valence-corrected chi connectivity index (χ2v) is 7.12. The van der Waals surface area contributed by atoms with Gasteiger partial charge in [0.05, 0.1) is 11.4 Å². The fourth-order valence-electron chi connectivity index (χ4n) is 2.55. The van der Waals surface area contributed by atoms with Crippen LogP contribution in [0.2, 0.25) is 0 Å². The third-order valence-corrected chi connectivity index (χ3v) is 4.27. The third kappa shape index (κ3) is 12.7. The summed E-state index contributed by atoms with van der Waals surface area (Å²) in [5.74, 6) is 0.799. The van der Waals surface area contributed by atoms with Gasteiger partial charge in [-0.3, -0.25) is 10.4 Å². The van der Waals surface area contributed by atoms with E-state index in [9.17, 15) is 4.39 Å². The zero-order chi connectivity index (χ0) is 25.2. The molecular formula is C26H39FN6. The molecule has 7 heteroatoms. The number of hydrazone groups is 1. The van der Waals surface area contributed by atoms with Gasteiger partial charge in [0.1, 0.15) is 11.6 Å². The molecule has 6 nitrogen and oxygen atoms in total. The van der Waals surface area contributed by atoms with Gasteiger partial charge in [-0.2, -0.15) is 5.10 Å². The summed E-state index contributed by atoms with van der Waals surface area (Å²) in [5, 5.41) is 7.55. The van der Waals surface area contributed by atoms with Crippen molar-refractivity contribution >= 4 is 5.71 Å². The Hall–Kier alpha value is -3.61. The predicted octanol–water partition coefficient (Wildman–Crippen LogP) is 4.71. The van der Waals surface area contributed by atoms with Crippen molar-refractivity contribution in [2.24, 2.45) is 10.8 Å². The molecule has 0 atom stereocenters. The number of pyridine rings is 1. The standard InChI is InChI=1S/C16H25N5.C8H9F.C2H5N/c1-7-15(14-8-9-18-12(2)10-14)20-19-13(3)11-16(17-4)21(5)6;1-2-7-3-5-8(9)6-4-7;1-2-3/h8-11,17,19H,3,7H2,1-2,4-6H3;3-6H,2H2,1H3;2H,1,3H2/b16-11-,20-15+;;. The van der Waals surface area contributed by atoms with Gasteiger partial charge in [0, 0.05) is 44.7 Å². The summed E-state index contributed by atoms with van der Waals surface area (Å²) in [5.41, 5.74) is 12.6. The van der Waals surface area contributed by atoms with Crippen LogP contribution < -0.4 is 16.5 Å². The molecule has 33 heavy (non-hydrogen) atoms. The van der Waals surface area contributed by atoms with E-state index < -0.39 is 0 Å². The Kier molecular flexibility index (Phi) is 15.1. The lowest BCUT2D eigenvalue weighted by Gasteiger charge is -2.17. The molecule has 0 unspecified atom stereocenters. The maximum absolute atomic E-state index is 12.2. The van der Waals surface area contributed by atoms with Crippen molar-refractivity contribution < 1.29 is 4.39 Å². The Bertz CT molecular complexity index is 901. The van der Waals surface area contributed by atoms with Gasteiger partial charge < -0.3 is 16.0 Å². The van der Waals surface area contributed by atoms with Crippen molar-refractivity contribution in [2.45, 2.75) is 33.6 Å². The number of hydrogen-bond donors (Lipinski definition) is 3. The Morgan fingerprint density at radius 3 is 2.27 bits per heavy atom. The van der Waals surface area contributed by atoms with Gasteiger partial charge in [-0.05, 0) is 55.8 Å². The van der Waals surface area contributed by atoms with Gasteiger partial charge >= 0.3 is 0 Å². The third-order valence-electron chi connectivity index (χ3n) is 4.27. The molecule has 0 saturated carbocycles. The summed E-state index contributed by atoms with van der Waals surface area (Å²) in [7, 11) is 5.81. The van der Waals surface area contributed by atoms with E-state index in [-0.39, 0.29) is 5.82 Å². The van der Waals surface area contributed by atoms with Crippen LogP contribution >= 0.6 is 0 Å². The average Bonchev–Trinajstić information content (AvgIpc) is 2.79. The molecule has 0 aliphatic rings. The SMILES string of the molecule is C=C(/C=C(/NC)N(C)C)N/N=C(\CC)c1ccnc(C)c1.C=CN.CCc1ccc(F)cc1. The van der Waals surface area contributed by atoms with E-state index in [4.69, 9.17) is 0 Å². The summed E-state index contributed by atoms with van der Waals surface area (Å²) < 4.78 is 12.2. The van der Waals surface area contributed by atoms with Gasteiger partial charge in [0.15, 0.2) is 0 Å². The van der Waals surface area contributed by atoms with E-state index in [1.54, 1.807) is 18.3 Å². The minimum Gasteiger partial charge on any atom is -0.405 e. The molecule has 0 aliphatic heterocycles. The molecule has 4 N–H and O–H groups in total. The second kappa shape index (κ2) is 17.0. The van der Waals surface area contributed by atoms with Gasteiger partial charge in [0.25, 0.3) is 0 Å². The van der Waals surface area contributed by atoms with Crippen LogP contribution in [0.1, 0.15) is 37.1 Å². The summed E-state index contributed by atoms with van der Waals surface area (Å²) in [6.07, 6.45) is 6.77. The van der Waals surface area contributed by atoms with Crippen molar-refractivity contribution in [1.29, 1.82) is 0 Å². The number of nitrogens with one attached hydrogen (secondary N) is 2. The average molecular weight is 455 g/mol. The van der Waals surface area contributed by atoms with Crippen LogP contribution in [0.4, 0.5) is 4.39 Å². The summed E-state index contributed by atoms with van der Waals surface area (Å²) in [6.45, 7) is 13.2. The highest BCUT2D eigenvalue weighted by Crippen LogP contribution is 2.06. The Labute approximate surface area is 198 Å². The molecule has 1 aromatic heterocycles. The highest BCUT2D eigenvalue weighted by atomic mass is 19.1. The number of aryl methyl sites for hydroxylation is 2. The predicted molar refractivity (Wildman–Crippen MR) is 139 cm³/mol. The highest BCUT2D eigenvalue weighted by molar-refractivity contribution is 6.00. The summed E-state index contributed by atoms with van der Waals surface area (Å²) >= 11 is 0. The Balaban J connectivity index is 0.000000701. The van der Waals surface area contributed by atoms with Gasteiger partial charge in [0.2, 0.25) is 0 Å². The highest BCUT2D eigenvalue weighted by Gasteiger charge is 2.02. The normalized spacial score (nSPS) is 10.6. The van der Waals surface area contributed by atoms with Crippen LogP contribution in [0.3, 0.4) is 0 Å². The number of aromatic nitrogens is 1. The molecule has 2 aromatic rings. The summed E-state index contributed by atoms with van der Waals surface area (Å²) in [4.78, 5) is 6.18. The minimum absolute atomic E-state index is 0.160. The van der Waals surface area contributed by atoms with Crippen molar-refractivity contribution in [1.82, 2.24) is 20.6 Å². The van der Waals surface area contributed by atoms with Crippen LogP contribution in [0.5, 0.6) is 0 Å². The Morgan fingerprint density at radius 1 is 1.21 bits per heavy atom. The zero-order valence-corrected chi connectivity index (χ0v) is 20.8. The van der Waals surface area contributed by atoms with Crippen molar-refractivity contribution in [2.75, 3.05) is 21.1 Å². The van der Waals surface area contributed by atoms with Gasteiger partial charge in [-0.15, -0.1) is 0 Å². The van der Waals surface area contributed by atoms with E-state index in [1.165, 1.54) is 23.9 Å². The van der Waals surface area contributed by atoms with E-state index in [1.807, 2.05) is 58.1 Å². The van der Waals surface area contributed by atoms with Crippen molar-refractivity contribution in [3.63, 3.8) is 0 Å². The quantitative estimate of drug-likeness (QED) is 0.306. The number of allylic oxidation sites excluding steroid dienone is 1. The second-order valence-electron chi connectivity index (χ2n) is 7.12. The first-order valence-electron chi connectivity index (χ1n) is 10.8. The smallest absolute Gasteiger partial charge is 0.123 e. The molecule has 2 rings (SSSR count). The van der Waals surface area contributed by atoms with Crippen LogP contribution in [-0.2, 0) is 6.42 Å². The van der Waals surface area contributed by atoms with Crippen molar-refractivity contribution in [3.8, 4) is 0 Å². The number of halogens is 1. The fourth-order valence-corrected chi connectivity index (χ4v) is 2.55. The summed E-state index contributed by atoms with van der Waals surface area (Å²) in [6, 6.07) is 10.6. The molecule has 180 valence electrons.